The van der Waals surface area contributed by atoms with Crippen LogP contribution >= 0.6 is 0 Å². The Kier molecular flexibility index (Phi) is 4.76. The molecule has 5 nitrogen and oxygen atoms in total. The zero-order chi connectivity index (χ0) is 16.4. The van der Waals surface area contributed by atoms with Gasteiger partial charge in [0.2, 0.25) is 0 Å². The van der Waals surface area contributed by atoms with Gasteiger partial charge in [-0.05, 0) is 39.2 Å². The fourth-order valence-corrected chi connectivity index (χ4v) is 3.72. The second kappa shape index (κ2) is 6.79. The number of amides is 2. The number of nitrogens with one attached hydrogen (secondary N) is 1. The summed E-state index contributed by atoms with van der Waals surface area (Å²) in [5, 5.41) is 12.7. The van der Waals surface area contributed by atoms with E-state index in [9.17, 15) is 9.90 Å². The molecule has 0 radical (unpaired) electrons. The molecule has 4 atom stereocenters. The molecule has 23 heavy (non-hydrogen) atoms. The Labute approximate surface area is 137 Å². The number of para-hydroxylation sites is 1. The van der Waals surface area contributed by atoms with Crippen molar-refractivity contribution >= 4 is 6.03 Å². The molecule has 0 aliphatic carbocycles. The molecule has 0 aromatic heterocycles. The minimum Gasteiger partial charge on any atom is -0.493 e. The second-order valence-electron chi connectivity index (χ2n) is 6.77. The molecule has 4 unspecified atom stereocenters. The van der Waals surface area contributed by atoms with Crippen molar-refractivity contribution < 1.29 is 14.6 Å². The van der Waals surface area contributed by atoms with Gasteiger partial charge in [0.25, 0.3) is 0 Å². The summed E-state index contributed by atoms with van der Waals surface area (Å²) in [6.07, 6.45) is 2.26. The summed E-state index contributed by atoms with van der Waals surface area (Å²) >= 11 is 0. The molecule has 1 aromatic rings. The van der Waals surface area contributed by atoms with Gasteiger partial charge in [-0.25, -0.2) is 4.79 Å². The fraction of sp³-hybridized carbons (Fsp3) is 0.611. The molecule has 2 N–H and O–H groups in total. The van der Waals surface area contributed by atoms with Gasteiger partial charge in [0.15, 0.2) is 0 Å². The topological polar surface area (TPSA) is 61.8 Å². The van der Waals surface area contributed by atoms with Crippen molar-refractivity contribution in [3.8, 4) is 5.75 Å². The highest BCUT2D eigenvalue weighted by Gasteiger charge is 2.33. The highest BCUT2D eigenvalue weighted by Crippen LogP contribution is 2.35. The average Bonchev–Trinajstić information content (AvgIpc) is 3.12. The Morgan fingerprint density at radius 2 is 2.22 bits per heavy atom. The van der Waals surface area contributed by atoms with Crippen molar-refractivity contribution in [2.24, 2.45) is 0 Å². The lowest BCUT2D eigenvalue weighted by molar-refractivity contribution is 0.136. The van der Waals surface area contributed by atoms with E-state index in [1.165, 1.54) is 5.56 Å². The number of hydrogen-bond donors (Lipinski definition) is 2. The van der Waals surface area contributed by atoms with Crippen LogP contribution in [0.5, 0.6) is 5.75 Å². The predicted octanol–water partition coefficient (Wildman–Crippen LogP) is 2.50. The summed E-state index contributed by atoms with van der Waals surface area (Å²) in [4.78, 5) is 14.5. The molecular weight excluding hydrogens is 292 g/mol. The van der Waals surface area contributed by atoms with Crippen LogP contribution in [0.25, 0.3) is 0 Å². The van der Waals surface area contributed by atoms with Gasteiger partial charge in [0.1, 0.15) is 5.75 Å². The largest absolute Gasteiger partial charge is 0.493 e. The van der Waals surface area contributed by atoms with Gasteiger partial charge in [-0.1, -0.05) is 18.2 Å². The predicted molar refractivity (Wildman–Crippen MR) is 88.7 cm³/mol. The number of fused-ring (bicyclic) bond motifs is 1. The summed E-state index contributed by atoms with van der Waals surface area (Å²) in [6.45, 7) is 5.20. The summed E-state index contributed by atoms with van der Waals surface area (Å²) in [5.41, 5.74) is 1.17. The van der Waals surface area contributed by atoms with E-state index in [0.717, 1.165) is 25.1 Å². The quantitative estimate of drug-likeness (QED) is 0.896. The lowest BCUT2D eigenvalue weighted by Crippen LogP contribution is -2.48. The van der Waals surface area contributed by atoms with Crippen LogP contribution in [0.15, 0.2) is 24.3 Å². The number of hydrogen-bond acceptors (Lipinski definition) is 3. The Morgan fingerprint density at radius 3 is 3.00 bits per heavy atom. The van der Waals surface area contributed by atoms with Gasteiger partial charge in [-0.15, -0.1) is 0 Å². The van der Waals surface area contributed by atoms with Crippen LogP contribution in [-0.2, 0) is 0 Å². The van der Waals surface area contributed by atoms with Crippen LogP contribution in [0.2, 0.25) is 0 Å². The normalized spacial score (nSPS) is 25.6. The van der Waals surface area contributed by atoms with E-state index in [2.05, 4.69) is 11.4 Å². The van der Waals surface area contributed by atoms with Crippen LogP contribution in [0.3, 0.4) is 0 Å². The molecule has 0 spiro atoms. The SMILES string of the molecule is CC(O)CC1CCCN1C(=O)NC(C)C1COc2ccccc21. The zero-order valence-corrected chi connectivity index (χ0v) is 13.9. The number of benzene rings is 1. The lowest BCUT2D eigenvalue weighted by Gasteiger charge is -2.29. The van der Waals surface area contributed by atoms with Gasteiger partial charge in [-0.2, -0.15) is 0 Å². The smallest absolute Gasteiger partial charge is 0.317 e. The minimum absolute atomic E-state index is 0.0129. The molecule has 2 aliphatic heterocycles. The van der Waals surface area contributed by atoms with E-state index < -0.39 is 0 Å². The van der Waals surface area contributed by atoms with Crippen molar-refractivity contribution in [2.75, 3.05) is 13.2 Å². The van der Waals surface area contributed by atoms with Crippen molar-refractivity contribution in [1.29, 1.82) is 0 Å². The summed E-state index contributed by atoms with van der Waals surface area (Å²) in [6, 6.07) is 8.16. The first-order valence-electron chi connectivity index (χ1n) is 8.53. The third-order valence-electron chi connectivity index (χ3n) is 4.94. The first-order valence-corrected chi connectivity index (χ1v) is 8.53. The Balaban J connectivity index is 1.62. The number of ether oxygens (including phenoxy) is 1. The molecule has 2 amide bonds. The third kappa shape index (κ3) is 3.44. The maximum absolute atomic E-state index is 12.6. The van der Waals surface area contributed by atoms with Crippen LogP contribution in [-0.4, -0.2) is 47.4 Å². The standard InChI is InChI=1S/C18H26N2O3/c1-12(21)10-14-6-5-9-20(14)18(22)19-13(2)16-11-23-17-8-4-3-7-15(16)17/h3-4,7-8,12-14,16,21H,5-6,9-11H2,1-2H3,(H,19,22). The highest BCUT2D eigenvalue weighted by atomic mass is 16.5. The van der Waals surface area contributed by atoms with Gasteiger partial charge >= 0.3 is 6.03 Å². The molecule has 3 rings (SSSR count). The molecule has 126 valence electrons. The molecule has 0 bridgehead atoms. The van der Waals surface area contributed by atoms with Gasteiger partial charge in [-0.3, -0.25) is 0 Å². The minimum atomic E-state index is -0.374. The van der Waals surface area contributed by atoms with E-state index in [-0.39, 0.29) is 30.1 Å². The number of nitrogens with zero attached hydrogens (tertiary/aromatic N) is 1. The average molecular weight is 318 g/mol. The Bertz CT molecular complexity index is 561. The molecule has 1 saturated heterocycles. The molecule has 5 heteroatoms. The van der Waals surface area contributed by atoms with Crippen LogP contribution in [0.1, 0.15) is 44.6 Å². The van der Waals surface area contributed by atoms with Gasteiger partial charge in [0.05, 0.1) is 12.7 Å². The molecule has 0 saturated carbocycles. The third-order valence-corrected chi connectivity index (χ3v) is 4.94. The Morgan fingerprint density at radius 1 is 1.43 bits per heavy atom. The number of likely N-dealkylation sites (tertiary alicyclic amines) is 1. The van der Waals surface area contributed by atoms with Crippen molar-refractivity contribution in [3.05, 3.63) is 29.8 Å². The highest BCUT2D eigenvalue weighted by molar-refractivity contribution is 5.75. The number of carbonyl (C=O) groups is 1. The van der Waals surface area contributed by atoms with Crippen LogP contribution in [0.4, 0.5) is 4.79 Å². The van der Waals surface area contributed by atoms with Crippen molar-refractivity contribution in [1.82, 2.24) is 10.2 Å². The lowest BCUT2D eigenvalue weighted by atomic mass is 9.94. The van der Waals surface area contributed by atoms with E-state index in [4.69, 9.17) is 4.74 Å². The first kappa shape index (κ1) is 16.1. The fourth-order valence-electron chi connectivity index (χ4n) is 3.72. The molecule has 1 fully saturated rings. The van der Waals surface area contributed by atoms with Crippen molar-refractivity contribution in [3.63, 3.8) is 0 Å². The number of aliphatic hydroxyl groups excluding tert-OH is 1. The zero-order valence-electron chi connectivity index (χ0n) is 13.9. The van der Waals surface area contributed by atoms with Gasteiger partial charge in [0, 0.05) is 30.1 Å². The molecule has 1 aromatic carbocycles. The van der Waals surface area contributed by atoms with Crippen LogP contribution < -0.4 is 10.1 Å². The van der Waals surface area contributed by atoms with Crippen LogP contribution in [0, 0.1) is 0 Å². The first-order chi connectivity index (χ1) is 11.1. The number of carbonyl (C=O) groups excluding carboxylic acids is 1. The molecule has 2 aliphatic rings. The van der Waals surface area contributed by atoms with Crippen molar-refractivity contribution in [2.45, 2.75) is 57.2 Å². The van der Waals surface area contributed by atoms with E-state index in [1.54, 1.807) is 6.92 Å². The van der Waals surface area contributed by atoms with E-state index in [1.807, 2.05) is 30.0 Å². The molecular formula is C18H26N2O3. The number of urea groups is 1. The van der Waals surface area contributed by atoms with E-state index >= 15 is 0 Å². The maximum Gasteiger partial charge on any atom is 0.317 e. The second-order valence-corrected chi connectivity index (χ2v) is 6.77. The van der Waals surface area contributed by atoms with Gasteiger partial charge < -0.3 is 20.1 Å². The Hall–Kier alpha value is -1.75. The number of rotatable bonds is 4. The monoisotopic (exact) mass is 318 g/mol. The summed E-state index contributed by atoms with van der Waals surface area (Å²) in [5.74, 6) is 1.11. The number of aliphatic hydroxyl groups is 1. The summed E-state index contributed by atoms with van der Waals surface area (Å²) < 4.78 is 5.72. The maximum atomic E-state index is 12.6. The summed E-state index contributed by atoms with van der Waals surface area (Å²) in [7, 11) is 0. The van der Waals surface area contributed by atoms with E-state index in [0.29, 0.717) is 13.0 Å². The molecule has 2 heterocycles.